The molecule has 2 aliphatic rings. The average molecular weight is 467 g/mol. The van der Waals surface area contributed by atoms with Crippen molar-refractivity contribution in [3.8, 4) is 6.07 Å². The molecule has 0 saturated heterocycles. The first-order chi connectivity index (χ1) is 14.6. The van der Waals surface area contributed by atoms with E-state index in [4.69, 9.17) is 15.7 Å². The SMILES string of the molecule is N#Cc1cc(Br)cc(Nc2nc(NC3CCC(N)CC3)nc3c2ncn3C2CC2)c1. The van der Waals surface area contributed by atoms with Crippen LogP contribution < -0.4 is 16.4 Å². The van der Waals surface area contributed by atoms with Gasteiger partial charge in [-0.15, -0.1) is 0 Å². The summed E-state index contributed by atoms with van der Waals surface area (Å²) < 4.78 is 2.97. The zero-order valence-electron chi connectivity index (χ0n) is 16.5. The Bertz CT molecular complexity index is 1120. The van der Waals surface area contributed by atoms with E-state index in [9.17, 15) is 5.26 Å². The van der Waals surface area contributed by atoms with Crippen LogP contribution in [-0.4, -0.2) is 31.6 Å². The van der Waals surface area contributed by atoms with Crippen LogP contribution in [0, 0.1) is 11.3 Å². The fourth-order valence-corrected chi connectivity index (χ4v) is 4.49. The van der Waals surface area contributed by atoms with Gasteiger partial charge in [0.25, 0.3) is 0 Å². The molecule has 30 heavy (non-hydrogen) atoms. The number of fused-ring (bicyclic) bond motifs is 1. The molecule has 2 saturated carbocycles. The van der Waals surface area contributed by atoms with Crippen LogP contribution in [0.2, 0.25) is 0 Å². The van der Waals surface area contributed by atoms with Crippen molar-refractivity contribution in [3.63, 3.8) is 0 Å². The fourth-order valence-electron chi connectivity index (χ4n) is 4.00. The van der Waals surface area contributed by atoms with Crippen LogP contribution in [-0.2, 0) is 0 Å². The second kappa shape index (κ2) is 7.85. The van der Waals surface area contributed by atoms with Gasteiger partial charge in [0, 0.05) is 28.3 Å². The molecule has 4 N–H and O–H groups in total. The van der Waals surface area contributed by atoms with Crippen molar-refractivity contribution in [1.29, 1.82) is 5.26 Å². The van der Waals surface area contributed by atoms with E-state index in [0.29, 0.717) is 35.5 Å². The summed E-state index contributed by atoms with van der Waals surface area (Å²) in [5.41, 5.74) is 8.96. The minimum atomic E-state index is 0.297. The number of nitrogens with one attached hydrogen (secondary N) is 2. The number of nitrogens with two attached hydrogens (primary N) is 1. The molecule has 9 heteroatoms. The highest BCUT2D eigenvalue weighted by molar-refractivity contribution is 9.10. The van der Waals surface area contributed by atoms with E-state index in [1.807, 2.05) is 12.4 Å². The third-order valence-electron chi connectivity index (χ3n) is 5.76. The quantitative estimate of drug-likeness (QED) is 0.514. The van der Waals surface area contributed by atoms with Crippen LogP contribution in [0.3, 0.4) is 0 Å². The standard InChI is InChI=1S/C21H23BrN8/c22-13-7-12(10-23)8-16(9-13)26-19-18-20(30(11-25-18)17-5-6-17)29-21(28-19)27-15-3-1-14(24)2-4-15/h7-9,11,14-15,17H,1-6,24H2,(H2,26,27,28,29). The Kier molecular flexibility index (Phi) is 5.05. The molecule has 2 aliphatic carbocycles. The number of benzene rings is 1. The van der Waals surface area contributed by atoms with Gasteiger partial charge in [0.15, 0.2) is 17.0 Å². The molecule has 0 bridgehead atoms. The smallest absolute Gasteiger partial charge is 0.227 e. The Labute approximate surface area is 183 Å². The summed E-state index contributed by atoms with van der Waals surface area (Å²) >= 11 is 3.47. The fraction of sp³-hybridized carbons (Fsp3) is 0.429. The maximum absolute atomic E-state index is 9.28. The van der Waals surface area contributed by atoms with Gasteiger partial charge in [0.2, 0.25) is 5.95 Å². The molecule has 5 rings (SSSR count). The molecule has 1 aromatic carbocycles. The molecule has 2 fully saturated rings. The third-order valence-corrected chi connectivity index (χ3v) is 6.21. The van der Waals surface area contributed by atoms with Crippen molar-refractivity contribution in [2.24, 2.45) is 5.73 Å². The number of nitriles is 1. The summed E-state index contributed by atoms with van der Waals surface area (Å²) in [5.74, 6) is 1.24. The van der Waals surface area contributed by atoms with Gasteiger partial charge in [-0.2, -0.15) is 15.2 Å². The average Bonchev–Trinajstić information content (AvgIpc) is 3.48. The third kappa shape index (κ3) is 3.98. The second-order valence-electron chi connectivity index (χ2n) is 8.17. The van der Waals surface area contributed by atoms with Crippen molar-refractivity contribution >= 4 is 44.5 Å². The van der Waals surface area contributed by atoms with E-state index >= 15 is 0 Å². The molecule has 0 unspecified atom stereocenters. The summed E-state index contributed by atoms with van der Waals surface area (Å²) in [5, 5.41) is 16.1. The lowest BCUT2D eigenvalue weighted by atomic mass is 9.92. The molecule has 0 spiro atoms. The Morgan fingerprint density at radius 2 is 1.90 bits per heavy atom. The second-order valence-corrected chi connectivity index (χ2v) is 9.09. The van der Waals surface area contributed by atoms with Crippen LogP contribution in [0.4, 0.5) is 17.5 Å². The van der Waals surface area contributed by atoms with Crippen LogP contribution in [0.15, 0.2) is 29.0 Å². The normalized spacial score (nSPS) is 21.4. The van der Waals surface area contributed by atoms with E-state index in [2.05, 4.69) is 42.2 Å². The van der Waals surface area contributed by atoms with Crippen LogP contribution in [0.1, 0.15) is 50.1 Å². The highest BCUT2D eigenvalue weighted by atomic mass is 79.9. The first kappa shape index (κ1) is 19.3. The van der Waals surface area contributed by atoms with Crippen molar-refractivity contribution in [2.75, 3.05) is 10.6 Å². The molecular formula is C21H23BrN8. The van der Waals surface area contributed by atoms with Gasteiger partial charge in [-0.25, -0.2) is 4.98 Å². The lowest BCUT2D eigenvalue weighted by Gasteiger charge is -2.26. The van der Waals surface area contributed by atoms with Gasteiger partial charge in [-0.3, -0.25) is 0 Å². The minimum absolute atomic E-state index is 0.297. The number of nitrogens with zero attached hydrogens (tertiary/aromatic N) is 5. The molecule has 2 heterocycles. The maximum Gasteiger partial charge on any atom is 0.227 e. The molecule has 0 atom stereocenters. The molecule has 0 amide bonds. The minimum Gasteiger partial charge on any atom is -0.351 e. The number of anilines is 3. The van der Waals surface area contributed by atoms with Gasteiger partial charge in [-0.05, 0) is 56.7 Å². The lowest BCUT2D eigenvalue weighted by molar-refractivity contribution is 0.410. The van der Waals surface area contributed by atoms with Crippen LogP contribution in [0.5, 0.6) is 0 Å². The van der Waals surface area contributed by atoms with Gasteiger partial charge >= 0.3 is 0 Å². The van der Waals surface area contributed by atoms with Gasteiger partial charge in [0.05, 0.1) is 18.0 Å². The topological polar surface area (TPSA) is 117 Å². The number of imidazole rings is 1. The highest BCUT2D eigenvalue weighted by Crippen LogP contribution is 2.38. The zero-order chi connectivity index (χ0) is 20.7. The summed E-state index contributed by atoms with van der Waals surface area (Å²) in [6, 6.07) is 8.77. The van der Waals surface area contributed by atoms with Crippen LogP contribution in [0.25, 0.3) is 11.2 Å². The molecular weight excluding hydrogens is 444 g/mol. The summed E-state index contributed by atoms with van der Waals surface area (Å²) in [7, 11) is 0. The molecule has 2 aromatic heterocycles. The van der Waals surface area contributed by atoms with E-state index in [0.717, 1.165) is 59.8 Å². The van der Waals surface area contributed by atoms with Crippen molar-refractivity contribution in [3.05, 3.63) is 34.6 Å². The van der Waals surface area contributed by atoms with Gasteiger partial charge in [0.1, 0.15) is 0 Å². The Morgan fingerprint density at radius 3 is 2.63 bits per heavy atom. The lowest BCUT2D eigenvalue weighted by Crippen LogP contribution is -2.33. The molecule has 154 valence electrons. The number of hydrogen-bond donors (Lipinski definition) is 3. The van der Waals surface area contributed by atoms with Crippen molar-refractivity contribution in [1.82, 2.24) is 19.5 Å². The summed E-state index contributed by atoms with van der Waals surface area (Å²) in [6.45, 7) is 0. The summed E-state index contributed by atoms with van der Waals surface area (Å²) in [6.07, 6.45) is 8.22. The van der Waals surface area contributed by atoms with E-state index in [1.165, 1.54) is 0 Å². The predicted octanol–water partition coefficient (Wildman–Crippen LogP) is 4.22. The monoisotopic (exact) mass is 466 g/mol. The zero-order valence-corrected chi connectivity index (χ0v) is 18.1. The first-order valence-corrected chi connectivity index (χ1v) is 11.1. The van der Waals surface area contributed by atoms with Gasteiger partial charge in [-0.1, -0.05) is 15.9 Å². The molecule has 0 aliphatic heterocycles. The first-order valence-electron chi connectivity index (χ1n) is 10.3. The Morgan fingerprint density at radius 1 is 1.10 bits per heavy atom. The predicted molar refractivity (Wildman–Crippen MR) is 120 cm³/mol. The number of hydrogen-bond acceptors (Lipinski definition) is 7. The highest BCUT2D eigenvalue weighted by Gasteiger charge is 2.27. The van der Waals surface area contributed by atoms with Crippen LogP contribution >= 0.6 is 15.9 Å². The molecule has 3 aromatic rings. The van der Waals surface area contributed by atoms with Crippen molar-refractivity contribution < 1.29 is 0 Å². The van der Waals surface area contributed by atoms with E-state index < -0.39 is 0 Å². The number of rotatable bonds is 5. The Balaban J connectivity index is 1.51. The maximum atomic E-state index is 9.28. The number of aromatic nitrogens is 4. The summed E-state index contributed by atoms with van der Waals surface area (Å²) in [4.78, 5) is 14.2. The van der Waals surface area contributed by atoms with Gasteiger partial charge < -0.3 is 20.9 Å². The van der Waals surface area contributed by atoms with E-state index in [1.54, 1.807) is 12.1 Å². The van der Waals surface area contributed by atoms with Crippen molar-refractivity contribution in [2.45, 2.75) is 56.7 Å². The molecule has 8 nitrogen and oxygen atoms in total. The largest absolute Gasteiger partial charge is 0.351 e. The van der Waals surface area contributed by atoms with E-state index in [-0.39, 0.29) is 0 Å². The molecule has 0 radical (unpaired) electrons. The Hall–Kier alpha value is -2.70. The number of halogens is 1.